The van der Waals surface area contributed by atoms with Crippen LogP contribution in [0.1, 0.15) is 24.9 Å². The summed E-state index contributed by atoms with van der Waals surface area (Å²) in [6, 6.07) is 12.9. The Morgan fingerprint density at radius 1 is 1.14 bits per heavy atom. The number of phenolic OH excluding ortho intramolecular Hbond substituents is 1. The maximum atomic E-state index is 12.7. The predicted octanol–water partition coefficient (Wildman–Crippen LogP) is 3.98. The van der Waals surface area contributed by atoms with Crippen LogP contribution in [0.5, 0.6) is 11.5 Å². The molecule has 2 amide bonds. The summed E-state index contributed by atoms with van der Waals surface area (Å²) in [5, 5.41) is 12.6. The van der Waals surface area contributed by atoms with E-state index in [1.807, 2.05) is 13.0 Å². The zero-order valence-electron chi connectivity index (χ0n) is 16.2. The fourth-order valence-electron chi connectivity index (χ4n) is 3.47. The largest absolute Gasteiger partial charge is 0.508 e. The molecule has 1 aliphatic rings. The zero-order chi connectivity index (χ0) is 20.8. The lowest BCUT2D eigenvalue weighted by Gasteiger charge is -2.36. The number of para-hydroxylation sites is 1. The minimum atomic E-state index is -2.92. The molecule has 156 valence electrons. The number of urea groups is 1. The van der Waals surface area contributed by atoms with E-state index in [0.29, 0.717) is 38.2 Å². The summed E-state index contributed by atoms with van der Waals surface area (Å²) in [4.78, 5) is 16.5. The highest BCUT2D eigenvalue weighted by Gasteiger charge is 2.25. The zero-order valence-corrected chi connectivity index (χ0v) is 16.2. The van der Waals surface area contributed by atoms with Gasteiger partial charge in [0.15, 0.2) is 0 Å². The van der Waals surface area contributed by atoms with Gasteiger partial charge in [-0.15, -0.1) is 0 Å². The van der Waals surface area contributed by atoms with Gasteiger partial charge in [0.25, 0.3) is 0 Å². The van der Waals surface area contributed by atoms with E-state index in [1.54, 1.807) is 41.3 Å². The van der Waals surface area contributed by atoms with Gasteiger partial charge in [0.05, 0.1) is 6.04 Å². The third kappa shape index (κ3) is 5.28. The molecule has 1 fully saturated rings. The number of piperazine rings is 1. The van der Waals surface area contributed by atoms with Crippen molar-refractivity contribution in [2.45, 2.75) is 26.0 Å². The molecule has 0 radical (unpaired) electrons. The first kappa shape index (κ1) is 20.7. The molecule has 0 spiro atoms. The molecule has 1 atom stereocenters. The van der Waals surface area contributed by atoms with Crippen molar-refractivity contribution in [2.75, 3.05) is 31.1 Å². The number of hydrogen-bond donors (Lipinski definition) is 2. The number of phenols is 1. The number of nitrogens with one attached hydrogen (secondary N) is 1. The van der Waals surface area contributed by atoms with Gasteiger partial charge in [-0.3, -0.25) is 0 Å². The van der Waals surface area contributed by atoms with Crippen LogP contribution in [0.3, 0.4) is 0 Å². The molecule has 6 nitrogen and oxygen atoms in total. The molecule has 0 aromatic heterocycles. The Balaban J connectivity index is 1.61. The van der Waals surface area contributed by atoms with Crippen LogP contribution >= 0.6 is 0 Å². The molecular weight excluding hydrogens is 380 g/mol. The standard InChI is InChI=1S/C21H25F2N3O3/c1-2-18(17-8-3-4-9-19(17)29-20(22)23)24-21(28)26-12-10-25(11-13-26)15-6-5-7-16(27)14-15/h3-9,14,18,20,27H,2,10-13H2,1H3,(H,24,28). The predicted molar refractivity (Wildman–Crippen MR) is 107 cm³/mol. The summed E-state index contributed by atoms with van der Waals surface area (Å²) >= 11 is 0. The molecule has 2 aromatic carbocycles. The number of benzene rings is 2. The van der Waals surface area contributed by atoms with Gasteiger partial charge < -0.3 is 25.0 Å². The van der Waals surface area contributed by atoms with E-state index < -0.39 is 12.7 Å². The van der Waals surface area contributed by atoms with Crippen LogP contribution in [0.25, 0.3) is 0 Å². The lowest BCUT2D eigenvalue weighted by Crippen LogP contribution is -2.52. The van der Waals surface area contributed by atoms with E-state index in [0.717, 1.165) is 5.69 Å². The highest BCUT2D eigenvalue weighted by molar-refractivity contribution is 5.75. The second kappa shape index (κ2) is 9.45. The molecule has 29 heavy (non-hydrogen) atoms. The van der Waals surface area contributed by atoms with Crippen molar-refractivity contribution in [1.82, 2.24) is 10.2 Å². The van der Waals surface area contributed by atoms with Gasteiger partial charge in [-0.25, -0.2) is 4.79 Å². The van der Waals surface area contributed by atoms with Gasteiger partial charge in [0.1, 0.15) is 11.5 Å². The lowest BCUT2D eigenvalue weighted by atomic mass is 10.0. The second-order valence-corrected chi connectivity index (χ2v) is 6.82. The Labute approximate surface area is 168 Å². The van der Waals surface area contributed by atoms with Crippen molar-refractivity contribution in [1.29, 1.82) is 0 Å². The second-order valence-electron chi connectivity index (χ2n) is 6.82. The van der Waals surface area contributed by atoms with Crippen LogP contribution in [0.4, 0.5) is 19.3 Å². The molecule has 3 rings (SSSR count). The molecule has 1 saturated heterocycles. The Hall–Kier alpha value is -3.03. The van der Waals surface area contributed by atoms with Gasteiger partial charge >= 0.3 is 12.6 Å². The maximum Gasteiger partial charge on any atom is 0.387 e. The normalized spacial score (nSPS) is 15.3. The minimum absolute atomic E-state index is 0.0726. The summed E-state index contributed by atoms with van der Waals surface area (Å²) in [6.07, 6.45) is 0.540. The summed E-state index contributed by atoms with van der Waals surface area (Å²) in [5.41, 5.74) is 1.44. The van der Waals surface area contributed by atoms with Crippen LogP contribution in [-0.4, -0.2) is 48.8 Å². The topological polar surface area (TPSA) is 65.0 Å². The smallest absolute Gasteiger partial charge is 0.387 e. The number of carbonyl (C=O) groups is 1. The van der Waals surface area contributed by atoms with Crippen LogP contribution in [0, 0.1) is 0 Å². The highest BCUT2D eigenvalue weighted by atomic mass is 19.3. The number of ether oxygens (including phenoxy) is 1. The third-order valence-electron chi connectivity index (χ3n) is 4.98. The maximum absolute atomic E-state index is 12.7. The number of carbonyl (C=O) groups excluding carboxylic acids is 1. The Morgan fingerprint density at radius 3 is 2.52 bits per heavy atom. The van der Waals surface area contributed by atoms with Crippen molar-refractivity contribution in [3.05, 3.63) is 54.1 Å². The number of alkyl halides is 2. The average Bonchev–Trinajstić information content (AvgIpc) is 2.72. The fraction of sp³-hybridized carbons (Fsp3) is 0.381. The van der Waals surface area contributed by atoms with Crippen LogP contribution in [0.2, 0.25) is 0 Å². The monoisotopic (exact) mass is 405 g/mol. The van der Waals surface area contributed by atoms with Crippen LogP contribution < -0.4 is 15.0 Å². The average molecular weight is 405 g/mol. The fourth-order valence-corrected chi connectivity index (χ4v) is 3.47. The van der Waals surface area contributed by atoms with E-state index in [2.05, 4.69) is 15.0 Å². The molecule has 0 saturated carbocycles. The molecule has 1 aliphatic heterocycles. The summed E-state index contributed by atoms with van der Waals surface area (Å²) < 4.78 is 30.0. The number of hydrogen-bond acceptors (Lipinski definition) is 4. The Morgan fingerprint density at radius 2 is 1.86 bits per heavy atom. The van der Waals surface area contributed by atoms with E-state index in [-0.39, 0.29) is 17.5 Å². The quantitative estimate of drug-likeness (QED) is 0.763. The van der Waals surface area contributed by atoms with Crippen molar-refractivity contribution >= 4 is 11.7 Å². The third-order valence-corrected chi connectivity index (χ3v) is 4.98. The van der Waals surface area contributed by atoms with Crippen molar-refractivity contribution in [3.63, 3.8) is 0 Å². The van der Waals surface area contributed by atoms with Crippen molar-refractivity contribution < 1.29 is 23.4 Å². The summed E-state index contributed by atoms with van der Waals surface area (Å²) in [6.45, 7) is 1.27. The molecule has 1 unspecified atom stereocenters. The van der Waals surface area contributed by atoms with E-state index in [1.165, 1.54) is 6.07 Å². The van der Waals surface area contributed by atoms with E-state index >= 15 is 0 Å². The summed E-state index contributed by atoms with van der Waals surface area (Å²) in [7, 11) is 0. The number of aromatic hydroxyl groups is 1. The van der Waals surface area contributed by atoms with Crippen LogP contribution in [-0.2, 0) is 0 Å². The number of anilines is 1. The van der Waals surface area contributed by atoms with Gasteiger partial charge in [-0.2, -0.15) is 8.78 Å². The molecule has 2 aromatic rings. The number of rotatable bonds is 6. The molecule has 0 aliphatic carbocycles. The minimum Gasteiger partial charge on any atom is -0.508 e. The first-order chi connectivity index (χ1) is 14.0. The Bertz CT molecular complexity index is 826. The van der Waals surface area contributed by atoms with Gasteiger partial charge in [0.2, 0.25) is 0 Å². The van der Waals surface area contributed by atoms with Gasteiger partial charge in [-0.05, 0) is 24.6 Å². The van der Waals surface area contributed by atoms with Gasteiger partial charge in [-0.1, -0.05) is 31.2 Å². The van der Waals surface area contributed by atoms with Crippen LogP contribution in [0.15, 0.2) is 48.5 Å². The number of amides is 2. The van der Waals surface area contributed by atoms with Crippen molar-refractivity contribution in [3.8, 4) is 11.5 Å². The van der Waals surface area contributed by atoms with Gasteiger partial charge in [0, 0.05) is 43.5 Å². The van der Waals surface area contributed by atoms with E-state index in [4.69, 9.17) is 0 Å². The molecule has 8 heteroatoms. The first-order valence-electron chi connectivity index (χ1n) is 9.61. The molecular formula is C21H25F2N3O3. The number of nitrogens with zero attached hydrogens (tertiary/aromatic N) is 2. The van der Waals surface area contributed by atoms with Crippen molar-refractivity contribution in [2.24, 2.45) is 0 Å². The Kier molecular flexibility index (Phi) is 6.74. The summed E-state index contributed by atoms with van der Waals surface area (Å²) in [5.74, 6) is 0.279. The lowest BCUT2D eigenvalue weighted by molar-refractivity contribution is -0.0507. The first-order valence-corrected chi connectivity index (χ1v) is 9.61. The highest BCUT2D eigenvalue weighted by Crippen LogP contribution is 2.29. The molecule has 2 N–H and O–H groups in total. The SMILES string of the molecule is CCC(NC(=O)N1CCN(c2cccc(O)c2)CC1)c1ccccc1OC(F)F. The number of halogens is 2. The van der Waals surface area contributed by atoms with E-state index in [9.17, 15) is 18.7 Å². The molecule has 0 bridgehead atoms. The molecule has 1 heterocycles.